The Bertz CT molecular complexity index is 672. The van der Waals surface area contributed by atoms with Gasteiger partial charge in [0.15, 0.2) is 0 Å². The molecule has 1 saturated carbocycles. The topological polar surface area (TPSA) is 52.6 Å². The van der Waals surface area contributed by atoms with E-state index in [4.69, 9.17) is 9.47 Å². The molecule has 1 fully saturated rings. The van der Waals surface area contributed by atoms with Crippen molar-refractivity contribution < 1.29 is 19.1 Å². The van der Waals surface area contributed by atoms with Gasteiger partial charge in [-0.3, -0.25) is 9.59 Å². The second kappa shape index (κ2) is 11.0. The van der Waals surface area contributed by atoms with Crippen molar-refractivity contribution in [2.75, 3.05) is 13.2 Å². The lowest BCUT2D eigenvalue weighted by molar-refractivity contribution is -0.168. The second-order valence-corrected chi connectivity index (χ2v) is 11.7. The summed E-state index contributed by atoms with van der Waals surface area (Å²) in [4.78, 5) is 27.6. The first-order chi connectivity index (χ1) is 15.4. The van der Waals surface area contributed by atoms with Gasteiger partial charge in [-0.15, -0.1) is 0 Å². The molecule has 0 amide bonds. The molecule has 2 rings (SSSR count). The first-order valence-electron chi connectivity index (χ1n) is 13.5. The highest BCUT2D eigenvalue weighted by Crippen LogP contribution is 2.76. The SMILES string of the molecule is CCCCOC(=O)C1C(C(=O)OCCCC)C2(C(C)C)CC1(C(C)C)C(C(C)C)=C2C(C)C. The van der Waals surface area contributed by atoms with E-state index in [9.17, 15) is 9.59 Å². The van der Waals surface area contributed by atoms with Gasteiger partial charge in [-0.05, 0) is 42.9 Å². The molecule has 0 radical (unpaired) electrons. The van der Waals surface area contributed by atoms with Crippen LogP contribution in [0.5, 0.6) is 0 Å². The average Bonchev–Trinajstić information content (AvgIpc) is 3.23. The fourth-order valence-electron chi connectivity index (χ4n) is 7.28. The van der Waals surface area contributed by atoms with Gasteiger partial charge in [-0.2, -0.15) is 0 Å². The number of fused-ring (bicyclic) bond motifs is 2. The molecular formula is C29H50O4. The largest absolute Gasteiger partial charge is 0.465 e. The van der Waals surface area contributed by atoms with Crippen LogP contribution >= 0.6 is 0 Å². The van der Waals surface area contributed by atoms with E-state index in [1.807, 2.05) is 0 Å². The molecule has 33 heavy (non-hydrogen) atoms. The average molecular weight is 463 g/mol. The van der Waals surface area contributed by atoms with Crippen LogP contribution in [0.4, 0.5) is 0 Å². The lowest BCUT2D eigenvalue weighted by atomic mass is 9.55. The van der Waals surface area contributed by atoms with Crippen molar-refractivity contribution in [1.29, 1.82) is 0 Å². The molecule has 0 aromatic rings. The van der Waals surface area contributed by atoms with E-state index in [-0.39, 0.29) is 34.6 Å². The third kappa shape index (κ3) is 4.52. The van der Waals surface area contributed by atoms with Crippen LogP contribution in [-0.4, -0.2) is 25.2 Å². The van der Waals surface area contributed by atoms with Gasteiger partial charge in [0, 0.05) is 10.8 Å². The molecule has 0 saturated heterocycles. The number of carbonyl (C=O) groups is 2. The van der Waals surface area contributed by atoms with Crippen molar-refractivity contribution in [3.8, 4) is 0 Å². The molecular weight excluding hydrogens is 412 g/mol. The number of hydrogen-bond donors (Lipinski definition) is 0. The summed E-state index contributed by atoms with van der Waals surface area (Å²) in [6.07, 6.45) is 4.48. The summed E-state index contributed by atoms with van der Waals surface area (Å²) in [6, 6.07) is 0. The van der Waals surface area contributed by atoms with Crippen LogP contribution in [0.1, 0.15) is 101 Å². The third-order valence-corrected chi connectivity index (χ3v) is 8.53. The van der Waals surface area contributed by atoms with Gasteiger partial charge in [0.2, 0.25) is 0 Å². The van der Waals surface area contributed by atoms with Crippen LogP contribution in [0.3, 0.4) is 0 Å². The van der Waals surface area contributed by atoms with E-state index in [1.54, 1.807) is 0 Å². The molecule has 4 unspecified atom stereocenters. The monoisotopic (exact) mass is 462 g/mol. The molecule has 190 valence electrons. The molecule has 2 aliphatic carbocycles. The third-order valence-electron chi connectivity index (χ3n) is 8.53. The zero-order valence-corrected chi connectivity index (χ0v) is 23.0. The van der Waals surface area contributed by atoms with Gasteiger partial charge in [0.25, 0.3) is 0 Å². The first kappa shape index (κ1) is 27.9. The summed E-state index contributed by atoms with van der Waals surface area (Å²) in [5.41, 5.74) is 2.10. The van der Waals surface area contributed by atoms with Gasteiger partial charge < -0.3 is 9.47 Å². The lowest BCUT2D eigenvalue weighted by Crippen LogP contribution is -2.50. The predicted octanol–water partition coefficient (Wildman–Crippen LogP) is 7.22. The zero-order chi connectivity index (χ0) is 25.1. The van der Waals surface area contributed by atoms with E-state index in [0.29, 0.717) is 25.0 Å². The number of allylic oxidation sites excluding steroid dienone is 2. The highest BCUT2D eigenvalue weighted by Gasteiger charge is 2.75. The molecule has 0 aliphatic heterocycles. The Kier molecular flexibility index (Phi) is 9.26. The molecule has 2 bridgehead atoms. The molecule has 4 heteroatoms. The number of unbranched alkanes of at least 4 members (excludes halogenated alkanes) is 2. The summed E-state index contributed by atoms with van der Waals surface area (Å²) in [7, 11) is 0. The van der Waals surface area contributed by atoms with Crippen LogP contribution in [0.2, 0.25) is 0 Å². The molecule has 0 aromatic heterocycles. The van der Waals surface area contributed by atoms with Crippen molar-refractivity contribution >= 4 is 11.9 Å². The minimum Gasteiger partial charge on any atom is -0.465 e. The highest BCUT2D eigenvalue weighted by atomic mass is 16.5. The maximum Gasteiger partial charge on any atom is 0.310 e. The molecule has 4 nitrogen and oxygen atoms in total. The van der Waals surface area contributed by atoms with Gasteiger partial charge in [0.1, 0.15) is 0 Å². The Balaban J connectivity index is 2.78. The zero-order valence-electron chi connectivity index (χ0n) is 23.0. The Labute approximate surface area is 203 Å². The van der Waals surface area contributed by atoms with Crippen molar-refractivity contribution in [1.82, 2.24) is 0 Å². The summed E-state index contributed by atoms with van der Waals surface area (Å²) in [5.74, 6) is -0.280. The molecule has 0 heterocycles. The summed E-state index contributed by atoms with van der Waals surface area (Å²) in [6.45, 7) is 23.0. The minimum atomic E-state index is -0.481. The predicted molar refractivity (Wildman–Crippen MR) is 135 cm³/mol. The smallest absolute Gasteiger partial charge is 0.310 e. The fraction of sp³-hybridized carbons (Fsp3) is 0.862. The maximum atomic E-state index is 13.8. The first-order valence-corrected chi connectivity index (χ1v) is 13.5. The number of hydrogen-bond acceptors (Lipinski definition) is 4. The molecule has 0 spiro atoms. The van der Waals surface area contributed by atoms with Crippen LogP contribution in [0, 0.1) is 46.3 Å². The van der Waals surface area contributed by atoms with Crippen molar-refractivity contribution in [3.63, 3.8) is 0 Å². The van der Waals surface area contributed by atoms with Crippen LogP contribution in [0.25, 0.3) is 0 Å². The highest BCUT2D eigenvalue weighted by molar-refractivity contribution is 5.87. The lowest BCUT2D eigenvalue weighted by Gasteiger charge is -2.48. The van der Waals surface area contributed by atoms with Crippen molar-refractivity contribution in [2.24, 2.45) is 46.3 Å². The van der Waals surface area contributed by atoms with Gasteiger partial charge in [-0.1, -0.05) is 93.2 Å². The van der Waals surface area contributed by atoms with E-state index in [0.717, 1.165) is 32.1 Å². The van der Waals surface area contributed by atoms with E-state index in [1.165, 1.54) is 11.1 Å². The fourth-order valence-corrected chi connectivity index (χ4v) is 7.28. The van der Waals surface area contributed by atoms with E-state index >= 15 is 0 Å². The number of ether oxygens (including phenoxy) is 2. The number of esters is 2. The van der Waals surface area contributed by atoms with E-state index in [2.05, 4.69) is 69.2 Å². The van der Waals surface area contributed by atoms with Gasteiger partial charge in [0.05, 0.1) is 25.0 Å². The molecule has 4 atom stereocenters. The van der Waals surface area contributed by atoms with Crippen LogP contribution < -0.4 is 0 Å². The normalized spacial score (nSPS) is 29.2. The maximum absolute atomic E-state index is 13.8. The summed E-state index contributed by atoms with van der Waals surface area (Å²) < 4.78 is 11.8. The van der Waals surface area contributed by atoms with Gasteiger partial charge >= 0.3 is 11.9 Å². The van der Waals surface area contributed by atoms with Crippen molar-refractivity contribution in [2.45, 2.75) is 101 Å². The van der Waals surface area contributed by atoms with Crippen LogP contribution in [0.15, 0.2) is 11.1 Å². The Morgan fingerprint density at radius 3 is 1.30 bits per heavy atom. The Morgan fingerprint density at radius 1 is 0.727 bits per heavy atom. The van der Waals surface area contributed by atoms with E-state index < -0.39 is 11.8 Å². The Hall–Kier alpha value is -1.32. The van der Waals surface area contributed by atoms with Crippen LogP contribution in [-0.2, 0) is 19.1 Å². The van der Waals surface area contributed by atoms with Gasteiger partial charge in [-0.25, -0.2) is 0 Å². The second-order valence-electron chi connectivity index (χ2n) is 11.7. The quantitative estimate of drug-likeness (QED) is 0.175. The summed E-state index contributed by atoms with van der Waals surface area (Å²) in [5, 5.41) is 0. The summed E-state index contributed by atoms with van der Waals surface area (Å²) >= 11 is 0. The van der Waals surface area contributed by atoms with Crippen molar-refractivity contribution in [3.05, 3.63) is 11.1 Å². The molecule has 0 aromatic carbocycles. The number of rotatable bonds is 12. The minimum absolute atomic E-state index is 0.196. The standard InChI is InChI=1S/C29H50O4/c1-11-13-15-32-26(30)24-25(27(31)33-16-14-12-2)29(21(9)10)17-28(24,20(7)8)22(18(3)4)23(29)19(5)6/h18-21,24-25H,11-17H2,1-10H3. The number of carbonyl (C=O) groups excluding carboxylic acids is 2. The Morgan fingerprint density at radius 2 is 1.06 bits per heavy atom. The molecule has 2 aliphatic rings. The molecule has 0 N–H and O–H groups in total.